The van der Waals surface area contributed by atoms with E-state index in [1.165, 1.54) is 0 Å². The summed E-state index contributed by atoms with van der Waals surface area (Å²) >= 11 is 0. The molecule has 5 heteroatoms. The summed E-state index contributed by atoms with van der Waals surface area (Å²) in [5.41, 5.74) is 7.47. The number of hydrogen-bond donors (Lipinski definition) is 1. The first-order valence-electron chi connectivity index (χ1n) is 6.95. The molecule has 0 atom stereocenters. The maximum atomic E-state index is 5.76. The highest BCUT2D eigenvalue weighted by Crippen LogP contribution is 2.30. The van der Waals surface area contributed by atoms with E-state index < -0.39 is 0 Å². The number of rotatable bonds is 7. The van der Waals surface area contributed by atoms with Crippen molar-refractivity contribution < 1.29 is 18.9 Å². The number of anilines is 1. The monoisotopic (exact) mass is 303 g/mol. The Hall–Kier alpha value is -2.56. The molecule has 2 aromatic carbocycles. The summed E-state index contributed by atoms with van der Waals surface area (Å²) < 4.78 is 21.5. The summed E-state index contributed by atoms with van der Waals surface area (Å²) in [7, 11) is 4.83. The zero-order chi connectivity index (χ0) is 15.9. The van der Waals surface area contributed by atoms with Crippen molar-refractivity contribution >= 4 is 5.69 Å². The van der Waals surface area contributed by atoms with E-state index in [1.807, 2.05) is 24.3 Å². The van der Waals surface area contributed by atoms with Crippen molar-refractivity contribution in [1.82, 2.24) is 0 Å². The molecule has 0 saturated carbocycles. The summed E-state index contributed by atoms with van der Waals surface area (Å²) in [5.74, 6) is 2.74. The lowest BCUT2D eigenvalue weighted by Gasteiger charge is -2.12. The first-order chi connectivity index (χ1) is 10.7. The Morgan fingerprint density at radius 2 is 1.41 bits per heavy atom. The van der Waals surface area contributed by atoms with Crippen LogP contribution in [0.2, 0.25) is 0 Å². The average molecular weight is 303 g/mol. The zero-order valence-electron chi connectivity index (χ0n) is 13.1. The highest BCUT2D eigenvalue weighted by Gasteiger charge is 2.07. The van der Waals surface area contributed by atoms with E-state index in [-0.39, 0.29) is 0 Å². The number of hydrogen-bond acceptors (Lipinski definition) is 5. The molecule has 5 nitrogen and oxygen atoms in total. The maximum Gasteiger partial charge on any atom is 0.162 e. The van der Waals surface area contributed by atoms with Crippen molar-refractivity contribution in [2.45, 2.75) is 6.42 Å². The smallest absolute Gasteiger partial charge is 0.162 e. The standard InChI is InChI=1S/C17H21NO4/c1-19-14-6-4-12(10-16(14)20-2)8-9-22-15-7-5-13(18)11-17(15)21-3/h4-7,10-11H,8-9,18H2,1-3H3. The van der Waals surface area contributed by atoms with Crippen LogP contribution in [0, 0.1) is 0 Å². The number of methoxy groups -OCH3 is 3. The molecule has 22 heavy (non-hydrogen) atoms. The second-order valence-electron chi connectivity index (χ2n) is 4.70. The number of ether oxygens (including phenoxy) is 4. The van der Waals surface area contributed by atoms with Gasteiger partial charge in [-0.2, -0.15) is 0 Å². The lowest BCUT2D eigenvalue weighted by molar-refractivity contribution is 0.297. The molecule has 0 heterocycles. The molecule has 0 fully saturated rings. The zero-order valence-corrected chi connectivity index (χ0v) is 13.1. The summed E-state index contributed by atoms with van der Waals surface area (Å²) in [5, 5.41) is 0. The van der Waals surface area contributed by atoms with Gasteiger partial charge in [0.05, 0.1) is 27.9 Å². The molecule has 0 spiro atoms. The fraction of sp³-hybridized carbons (Fsp3) is 0.294. The molecule has 0 saturated heterocycles. The molecule has 2 aromatic rings. The highest BCUT2D eigenvalue weighted by atomic mass is 16.5. The lowest BCUT2D eigenvalue weighted by atomic mass is 10.1. The minimum absolute atomic E-state index is 0.524. The van der Waals surface area contributed by atoms with Gasteiger partial charge in [0.1, 0.15) is 0 Å². The summed E-state index contributed by atoms with van der Waals surface area (Å²) in [6.07, 6.45) is 0.744. The molecular formula is C17H21NO4. The Balaban J connectivity index is 1.99. The molecule has 2 rings (SSSR count). The first kappa shape index (κ1) is 15.8. The van der Waals surface area contributed by atoms with E-state index in [9.17, 15) is 0 Å². The summed E-state index contributed by atoms with van der Waals surface area (Å²) in [6, 6.07) is 11.2. The molecule has 0 aromatic heterocycles. The minimum Gasteiger partial charge on any atom is -0.493 e. The molecule has 0 radical (unpaired) electrons. The predicted molar refractivity (Wildman–Crippen MR) is 86.2 cm³/mol. The lowest BCUT2D eigenvalue weighted by Crippen LogP contribution is -2.03. The Kier molecular flexibility index (Phi) is 5.36. The van der Waals surface area contributed by atoms with Gasteiger partial charge in [-0.15, -0.1) is 0 Å². The fourth-order valence-electron chi connectivity index (χ4n) is 2.12. The van der Waals surface area contributed by atoms with Crippen LogP contribution in [0.3, 0.4) is 0 Å². The summed E-state index contributed by atoms with van der Waals surface area (Å²) in [4.78, 5) is 0. The van der Waals surface area contributed by atoms with Gasteiger partial charge < -0.3 is 24.7 Å². The van der Waals surface area contributed by atoms with Crippen molar-refractivity contribution in [2.75, 3.05) is 33.7 Å². The van der Waals surface area contributed by atoms with E-state index >= 15 is 0 Å². The topological polar surface area (TPSA) is 62.9 Å². The normalized spacial score (nSPS) is 10.1. The van der Waals surface area contributed by atoms with E-state index in [1.54, 1.807) is 33.5 Å². The third kappa shape index (κ3) is 3.75. The van der Waals surface area contributed by atoms with Crippen LogP contribution in [0.15, 0.2) is 36.4 Å². The van der Waals surface area contributed by atoms with Crippen molar-refractivity contribution in [3.8, 4) is 23.0 Å². The van der Waals surface area contributed by atoms with E-state index in [0.29, 0.717) is 35.3 Å². The van der Waals surface area contributed by atoms with Crippen LogP contribution in [-0.2, 0) is 6.42 Å². The van der Waals surface area contributed by atoms with Crippen LogP contribution in [-0.4, -0.2) is 27.9 Å². The Bertz CT molecular complexity index is 628. The van der Waals surface area contributed by atoms with Gasteiger partial charge in [0, 0.05) is 18.2 Å². The summed E-state index contributed by atoms with van der Waals surface area (Å²) in [6.45, 7) is 0.524. The fourth-order valence-corrected chi connectivity index (χ4v) is 2.12. The van der Waals surface area contributed by atoms with Gasteiger partial charge in [0.25, 0.3) is 0 Å². The van der Waals surface area contributed by atoms with Crippen LogP contribution < -0.4 is 24.7 Å². The number of benzene rings is 2. The van der Waals surface area contributed by atoms with Crippen molar-refractivity contribution in [2.24, 2.45) is 0 Å². The molecule has 0 aliphatic carbocycles. The van der Waals surface area contributed by atoms with E-state index in [4.69, 9.17) is 24.7 Å². The van der Waals surface area contributed by atoms with Crippen LogP contribution in [0.5, 0.6) is 23.0 Å². The van der Waals surface area contributed by atoms with Gasteiger partial charge in [0.2, 0.25) is 0 Å². The number of nitrogen functional groups attached to an aromatic ring is 1. The van der Waals surface area contributed by atoms with Crippen molar-refractivity contribution in [1.29, 1.82) is 0 Å². The van der Waals surface area contributed by atoms with Gasteiger partial charge in [-0.05, 0) is 29.8 Å². The van der Waals surface area contributed by atoms with Crippen molar-refractivity contribution in [3.63, 3.8) is 0 Å². The van der Waals surface area contributed by atoms with Crippen LogP contribution >= 0.6 is 0 Å². The average Bonchev–Trinajstić information content (AvgIpc) is 2.55. The Morgan fingerprint density at radius 3 is 2.09 bits per heavy atom. The second-order valence-corrected chi connectivity index (χ2v) is 4.70. The molecule has 0 aliphatic rings. The van der Waals surface area contributed by atoms with Crippen LogP contribution in [0.4, 0.5) is 5.69 Å². The van der Waals surface area contributed by atoms with E-state index in [2.05, 4.69) is 0 Å². The van der Waals surface area contributed by atoms with Crippen molar-refractivity contribution in [3.05, 3.63) is 42.0 Å². The SMILES string of the molecule is COc1ccc(CCOc2ccc(N)cc2OC)cc1OC. The van der Waals surface area contributed by atoms with Crippen LogP contribution in [0.1, 0.15) is 5.56 Å². The third-order valence-electron chi connectivity index (χ3n) is 3.28. The molecule has 0 amide bonds. The minimum atomic E-state index is 0.524. The molecule has 2 N–H and O–H groups in total. The largest absolute Gasteiger partial charge is 0.493 e. The molecule has 0 unspecified atom stereocenters. The Labute approximate surface area is 130 Å². The number of nitrogens with two attached hydrogens (primary N) is 1. The van der Waals surface area contributed by atoms with E-state index in [0.717, 1.165) is 12.0 Å². The first-order valence-corrected chi connectivity index (χ1v) is 6.95. The third-order valence-corrected chi connectivity index (χ3v) is 3.28. The molecular weight excluding hydrogens is 282 g/mol. The Morgan fingerprint density at radius 1 is 0.773 bits per heavy atom. The molecule has 118 valence electrons. The van der Waals surface area contributed by atoms with Gasteiger partial charge in [-0.1, -0.05) is 6.07 Å². The second kappa shape index (κ2) is 7.45. The quantitative estimate of drug-likeness (QED) is 0.797. The van der Waals surface area contributed by atoms with Gasteiger partial charge in [-0.3, -0.25) is 0 Å². The molecule has 0 bridgehead atoms. The van der Waals surface area contributed by atoms with Gasteiger partial charge >= 0.3 is 0 Å². The highest BCUT2D eigenvalue weighted by molar-refractivity contribution is 5.52. The molecule has 0 aliphatic heterocycles. The van der Waals surface area contributed by atoms with Gasteiger partial charge in [-0.25, -0.2) is 0 Å². The van der Waals surface area contributed by atoms with Crippen LogP contribution in [0.25, 0.3) is 0 Å². The van der Waals surface area contributed by atoms with Gasteiger partial charge in [0.15, 0.2) is 23.0 Å². The predicted octanol–water partition coefficient (Wildman–Crippen LogP) is 2.92. The maximum absolute atomic E-state index is 5.76.